The molecule has 0 radical (unpaired) electrons. The third-order valence-corrected chi connectivity index (χ3v) is 6.34. The van der Waals surface area contributed by atoms with Crippen LogP contribution in [0.15, 0.2) is 54.7 Å². The first-order valence-corrected chi connectivity index (χ1v) is 10.7. The lowest BCUT2D eigenvalue weighted by atomic mass is 10.1. The number of anilines is 2. The molecule has 0 saturated carbocycles. The van der Waals surface area contributed by atoms with Crippen LogP contribution in [-0.2, 0) is 11.2 Å². The van der Waals surface area contributed by atoms with Crippen molar-refractivity contribution in [2.75, 3.05) is 49.1 Å². The molecule has 2 aromatic carbocycles. The molecular weight excluding hydrogens is 360 g/mol. The first-order valence-electron chi connectivity index (χ1n) is 10.7. The molecule has 150 valence electrons. The Morgan fingerprint density at radius 1 is 0.793 bits per heavy atom. The summed E-state index contributed by atoms with van der Waals surface area (Å²) < 4.78 is 0. The minimum absolute atomic E-state index is 0.221. The second-order valence-corrected chi connectivity index (χ2v) is 8.11. The van der Waals surface area contributed by atoms with Crippen LogP contribution >= 0.6 is 0 Å². The smallest absolute Gasteiger partial charge is 0.227 e. The number of piperazine rings is 1. The fourth-order valence-corrected chi connectivity index (χ4v) is 4.62. The van der Waals surface area contributed by atoms with Crippen LogP contribution in [0.5, 0.6) is 0 Å². The summed E-state index contributed by atoms with van der Waals surface area (Å²) >= 11 is 0. The van der Waals surface area contributed by atoms with Crippen molar-refractivity contribution >= 4 is 28.2 Å². The minimum Gasteiger partial charge on any atom is -0.372 e. The number of fused-ring (bicyclic) bond motifs is 1. The summed E-state index contributed by atoms with van der Waals surface area (Å²) in [5.41, 5.74) is 4.78. The molecule has 2 saturated heterocycles. The molecule has 0 atom stereocenters. The molecule has 1 N–H and O–H groups in total. The van der Waals surface area contributed by atoms with E-state index in [0.29, 0.717) is 6.42 Å². The van der Waals surface area contributed by atoms with E-state index in [4.69, 9.17) is 0 Å². The zero-order chi connectivity index (χ0) is 19.6. The van der Waals surface area contributed by atoms with E-state index in [1.165, 1.54) is 37.3 Å². The average Bonchev–Trinajstić information content (AvgIpc) is 3.45. The number of aromatic amines is 1. The molecule has 3 aromatic rings. The number of para-hydroxylation sites is 1. The van der Waals surface area contributed by atoms with Crippen LogP contribution in [0.3, 0.4) is 0 Å². The molecule has 29 heavy (non-hydrogen) atoms. The molecule has 5 heteroatoms. The van der Waals surface area contributed by atoms with Crippen molar-refractivity contribution in [3.05, 3.63) is 60.3 Å². The highest BCUT2D eigenvalue weighted by molar-refractivity contribution is 5.89. The summed E-state index contributed by atoms with van der Waals surface area (Å²) in [7, 11) is 0. The summed E-state index contributed by atoms with van der Waals surface area (Å²) in [4.78, 5) is 23.0. The summed E-state index contributed by atoms with van der Waals surface area (Å²) in [6, 6.07) is 17.1. The fourth-order valence-electron chi connectivity index (χ4n) is 4.62. The highest BCUT2D eigenvalue weighted by Crippen LogP contribution is 2.25. The lowest BCUT2D eigenvalue weighted by Gasteiger charge is -2.36. The van der Waals surface area contributed by atoms with Gasteiger partial charge in [-0.1, -0.05) is 18.2 Å². The third-order valence-electron chi connectivity index (χ3n) is 6.34. The Kier molecular flexibility index (Phi) is 4.88. The number of carbonyl (C=O) groups excluding carboxylic acids is 1. The zero-order valence-electron chi connectivity index (χ0n) is 16.8. The summed E-state index contributed by atoms with van der Waals surface area (Å²) in [6.07, 6.45) is 5.04. The number of carbonyl (C=O) groups is 1. The van der Waals surface area contributed by atoms with Crippen LogP contribution in [0.1, 0.15) is 18.4 Å². The van der Waals surface area contributed by atoms with Gasteiger partial charge in [0.1, 0.15) is 0 Å². The molecule has 2 aliphatic heterocycles. The van der Waals surface area contributed by atoms with E-state index in [1.807, 2.05) is 23.2 Å². The highest BCUT2D eigenvalue weighted by Gasteiger charge is 2.22. The van der Waals surface area contributed by atoms with Gasteiger partial charge in [0, 0.05) is 67.7 Å². The van der Waals surface area contributed by atoms with Crippen molar-refractivity contribution < 1.29 is 4.79 Å². The van der Waals surface area contributed by atoms with Gasteiger partial charge in [-0.15, -0.1) is 0 Å². The van der Waals surface area contributed by atoms with E-state index < -0.39 is 0 Å². The number of aromatic nitrogens is 1. The molecular formula is C24H28N4O. The van der Waals surface area contributed by atoms with Crippen LogP contribution in [-0.4, -0.2) is 55.1 Å². The van der Waals surface area contributed by atoms with Crippen molar-refractivity contribution in [3.63, 3.8) is 0 Å². The standard InChI is InChI=1S/C24H28N4O/c29-24(17-19-18-25-23-6-2-1-5-22(19)23)28-15-13-27(14-16-28)21-9-7-20(8-10-21)26-11-3-4-12-26/h1-2,5-10,18,25H,3-4,11-17H2. The van der Waals surface area contributed by atoms with E-state index >= 15 is 0 Å². The van der Waals surface area contributed by atoms with Crippen LogP contribution in [0.4, 0.5) is 11.4 Å². The molecule has 1 aromatic heterocycles. The predicted molar refractivity (Wildman–Crippen MR) is 119 cm³/mol. The summed E-state index contributed by atoms with van der Waals surface area (Å²) in [6.45, 7) is 5.71. The largest absolute Gasteiger partial charge is 0.372 e. The monoisotopic (exact) mass is 388 g/mol. The number of hydrogen-bond acceptors (Lipinski definition) is 3. The Morgan fingerprint density at radius 2 is 1.41 bits per heavy atom. The maximum Gasteiger partial charge on any atom is 0.227 e. The molecule has 1 amide bonds. The highest BCUT2D eigenvalue weighted by atomic mass is 16.2. The zero-order valence-corrected chi connectivity index (χ0v) is 16.8. The number of nitrogens with one attached hydrogen (secondary N) is 1. The van der Waals surface area contributed by atoms with Gasteiger partial charge in [0.25, 0.3) is 0 Å². The molecule has 2 aliphatic rings. The summed E-state index contributed by atoms with van der Waals surface area (Å²) in [5.74, 6) is 0.221. The van der Waals surface area contributed by atoms with Gasteiger partial charge >= 0.3 is 0 Å². The van der Waals surface area contributed by atoms with E-state index in [2.05, 4.69) is 51.2 Å². The summed E-state index contributed by atoms with van der Waals surface area (Å²) in [5, 5.41) is 1.15. The van der Waals surface area contributed by atoms with Gasteiger partial charge in [0.05, 0.1) is 6.42 Å². The van der Waals surface area contributed by atoms with Crippen molar-refractivity contribution in [3.8, 4) is 0 Å². The van der Waals surface area contributed by atoms with E-state index in [9.17, 15) is 4.79 Å². The van der Waals surface area contributed by atoms with Gasteiger partial charge < -0.3 is 19.7 Å². The van der Waals surface area contributed by atoms with Crippen LogP contribution < -0.4 is 9.80 Å². The Morgan fingerprint density at radius 3 is 2.10 bits per heavy atom. The SMILES string of the molecule is O=C(Cc1c[nH]c2ccccc12)N1CCN(c2ccc(N3CCCC3)cc2)CC1. The Hall–Kier alpha value is -2.95. The van der Waals surface area contributed by atoms with Gasteiger partial charge in [-0.05, 0) is 48.7 Å². The molecule has 5 rings (SSSR count). The van der Waals surface area contributed by atoms with E-state index in [0.717, 1.165) is 42.6 Å². The molecule has 0 bridgehead atoms. The van der Waals surface area contributed by atoms with Crippen LogP contribution in [0.25, 0.3) is 10.9 Å². The molecule has 5 nitrogen and oxygen atoms in total. The number of nitrogens with zero attached hydrogens (tertiary/aromatic N) is 3. The second-order valence-electron chi connectivity index (χ2n) is 8.11. The molecule has 3 heterocycles. The maximum absolute atomic E-state index is 12.8. The van der Waals surface area contributed by atoms with Gasteiger partial charge in [-0.25, -0.2) is 0 Å². The second kappa shape index (κ2) is 7.82. The van der Waals surface area contributed by atoms with Crippen molar-refractivity contribution in [2.24, 2.45) is 0 Å². The van der Waals surface area contributed by atoms with Gasteiger partial charge in [-0.3, -0.25) is 4.79 Å². The Labute approximate surface area is 171 Å². The molecule has 0 spiro atoms. The molecule has 2 fully saturated rings. The average molecular weight is 389 g/mol. The molecule has 0 aliphatic carbocycles. The third kappa shape index (κ3) is 3.69. The first kappa shape index (κ1) is 18.1. The Balaban J connectivity index is 1.18. The van der Waals surface area contributed by atoms with Crippen molar-refractivity contribution in [2.45, 2.75) is 19.3 Å². The van der Waals surface area contributed by atoms with E-state index in [-0.39, 0.29) is 5.91 Å². The van der Waals surface area contributed by atoms with Gasteiger partial charge in [0.15, 0.2) is 0 Å². The normalized spacial score (nSPS) is 17.3. The predicted octanol–water partition coefficient (Wildman–Crippen LogP) is 3.66. The number of H-pyrrole nitrogens is 1. The van der Waals surface area contributed by atoms with E-state index in [1.54, 1.807) is 0 Å². The maximum atomic E-state index is 12.8. The van der Waals surface area contributed by atoms with Gasteiger partial charge in [0.2, 0.25) is 5.91 Å². The lowest BCUT2D eigenvalue weighted by molar-refractivity contribution is -0.130. The minimum atomic E-state index is 0.221. The van der Waals surface area contributed by atoms with Crippen molar-refractivity contribution in [1.82, 2.24) is 9.88 Å². The first-order chi connectivity index (χ1) is 14.3. The molecule has 0 unspecified atom stereocenters. The van der Waals surface area contributed by atoms with Crippen molar-refractivity contribution in [1.29, 1.82) is 0 Å². The Bertz CT molecular complexity index is 980. The van der Waals surface area contributed by atoms with Crippen LogP contribution in [0.2, 0.25) is 0 Å². The fraction of sp³-hybridized carbons (Fsp3) is 0.375. The van der Waals surface area contributed by atoms with Crippen LogP contribution in [0, 0.1) is 0 Å². The quantitative estimate of drug-likeness (QED) is 0.742. The number of amides is 1. The topological polar surface area (TPSA) is 42.6 Å². The van der Waals surface area contributed by atoms with Gasteiger partial charge in [-0.2, -0.15) is 0 Å². The number of hydrogen-bond donors (Lipinski definition) is 1. The number of rotatable bonds is 4. The number of benzene rings is 2. The lowest BCUT2D eigenvalue weighted by Crippen LogP contribution is -2.49.